The molecule has 0 N–H and O–H groups in total. The average Bonchev–Trinajstić information content (AvgIpc) is 3.15. The molecule has 1 aromatic heterocycles. The molecule has 1 atom stereocenters. The Bertz CT molecular complexity index is 946. The summed E-state index contributed by atoms with van der Waals surface area (Å²) in [4.78, 5) is 16.8. The first kappa shape index (κ1) is 19.9. The maximum Gasteiger partial charge on any atom is 0.227 e. The maximum atomic E-state index is 13.1. The monoisotopic (exact) mass is 392 g/mol. The highest BCUT2D eigenvalue weighted by Gasteiger charge is 2.34. The highest BCUT2D eigenvalue weighted by atomic mass is 32.2. The molecular formula is C20H28N2O4S. The van der Waals surface area contributed by atoms with Gasteiger partial charge in [0.2, 0.25) is 5.91 Å². The molecule has 148 valence electrons. The third-order valence-electron chi connectivity index (χ3n) is 5.44. The van der Waals surface area contributed by atoms with E-state index in [0.29, 0.717) is 19.5 Å². The Balaban J connectivity index is 1.83. The van der Waals surface area contributed by atoms with Crippen molar-refractivity contribution in [3.63, 3.8) is 0 Å². The highest BCUT2D eigenvalue weighted by molar-refractivity contribution is 7.91. The largest absolute Gasteiger partial charge is 0.464 e. The Morgan fingerprint density at radius 3 is 2.59 bits per heavy atom. The number of sulfone groups is 1. The van der Waals surface area contributed by atoms with E-state index in [9.17, 15) is 13.2 Å². The lowest BCUT2D eigenvalue weighted by atomic mass is 10.0. The van der Waals surface area contributed by atoms with Crippen LogP contribution >= 0.6 is 0 Å². The van der Waals surface area contributed by atoms with Crippen molar-refractivity contribution in [3.05, 3.63) is 35.1 Å². The van der Waals surface area contributed by atoms with E-state index in [-0.39, 0.29) is 29.9 Å². The summed E-state index contributed by atoms with van der Waals surface area (Å²) in [6, 6.07) is 3.80. The second-order valence-corrected chi connectivity index (χ2v) is 10.00. The van der Waals surface area contributed by atoms with Crippen LogP contribution in [-0.4, -0.2) is 68.9 Å². The zero-order valence-corrected chi connectivity index (χ0v) is 17.3. The zero-order chi connectivity index (χ0) is 19.8. The van der Waals surface area contributed by atoms with E-state index in [2.05, 4.69) is 0 Å². The molecule has 0 bridgehead atoms. The predicted molar refractivity (Wildman–Crippen MR) is 107 cm³/mol. The molecule has 2 aromatic rings. The van der Waals surface area contributed by atoms with E-state index in [1.54, 1.807) is 11.2 Å². The Kier molecular flexibility index (Phi) is 5.63. The van der Waals surface area contributed by atoms with Gasteiger partial charge in [0, 0.05) is 30.1 Å². The molecule has 2 heterocycles. The van der Waals surface area contributed by atoms with Crippen LogP contribution in [0.4, 0.5) is 0 Å². The summed E-state index contributed by atoms with van der Waals surface area (Å²) < 4.78 is 29.5. The van der Waals surface area contributed by atoms with Gasteiger partial charge in [-0.05, 0) is 45.5 Å². The molecule has 0 aliphatic carbocycles. The topological polar surface area (TPSA) is 70.8 Å². The molecule has 27 heavy (non-hydrogen) atoms. The molecule has 0 saturated carbocycles. The molecule has 0 radical (unpaired) electrons. The van der Waals surface area contributed by atoms with Crippen molar-refractivity contribution in [2.24, 2.45) is 0 Å². The van der Waals surface area contributed by atoms with Gasteiger partial charge < -0.3 is 14.2 Å². The zero-order valence-electron chi connectivity index (χ0n) is 16.5. The Hall–Kier alpha value is -1.86. The van der Waals surface area contributed by atoms with Gasteiger partial charge in [0.15, 0.2) is 9.84 Å². The number of nitrogens with zero attached hydrogens (tertiary/aromatic N) is 2. The van der Waals surface area contributed by atoms with Gasteiger partial charge in [0.05, 0.1) is 24.2 Å². The quantitative estimate of drug-likeness (QED) is 0.753. The van der Waals surface area contributed by atoms with E-state index in [0.717, 1.165) is 27.7 Å². The lowest BCUT2D eigenvalue weighted by Gasteiger charge is -2.29. The minimum atomic E-state index is -3.05. The number of aryl methyl sites for hydroxylation is 2. The van der Waals surface area contributed by atoms with Crippen LogP contribution < -0.4 is 0 Å². The summed E-state index contributed by atoms with van der Waals surface area (Å²) in [6.45, 7) is 5.28. The van der Waals surface area contributed by atoms with E-state index in [1.807, 2.05) is 45.0 Å². The minimum Gasteiger partial charge on any atom is -0.464 e. The molecule has 1 fully saturated rings. The first-order valence-electron chi connectivity index (χ1n) is 9.29. The van der Waals surface area contributed by atoms with Gasteiger partial charge in [0.25, 0.3) is 0 Å². The van der Waals surface area contributed by atoms with Crippen LogP contribution in [0.5, 0.6) is 0 Å². The Labute approximate surface area is 161 Å². The van der Waals surface area contributed by atoms with E-state index < -0.39 is 9.84 Å². The number of carbonyl (C=O) groups is 1. The first-order chi connectivity index (χ1) is 12.7. The van der Waals surface area contributed by atoms with Crippen LogP contribution in [0.15, 0.2) is 22.8 Å². The van der Waals surface area contributed by atoms with Crippen molar-refractivity contribution in [2.45, 2.75) is 32.7 Å². The first-order valence-corrected chi connectivity index (χ1v) is 11.1. The number of hydrogen-bond acceptors (Lipinski definition) is 5. The lowest BCUT2D eigenvalue weighted by Crippen LogP contribution is -2.45. The van der Waals surface area contributed by atoms with E-state index in [4.69, 9.17) is 4.42 Å². The van der Waals surface area contributed by atoms with Crippen molar-refractivity contribution in [3.8, 4) is 0 Å². The molecule has 1 amide bonds. The smallest absolute Gasteiger partial charge is 0.227 e. The van der Waals surface area contributed by atoms with Crippen molar-refractivity contribution in [1.29, 1.82) is 0 Å². The van der Waals surface area contributed by atoms with Crippen LogP contribution in [0.1, 0.15) is 23.1 Å². The predicted octanol–water partition coefficient (Wildman–Crippen LogP) is 2.17. The van der Waals surface area contributed by atoms with Crippen LogP contribution in [0, 0.1) is 13.8 Å². The van der Waals surface area contributed by atoms with E-state index >= 15 is 0 Å². The summed E-state index contributed by atoms with van der Waals surface area (Å²) >= 11 is 0. The molecule has 1 aliphatic heterocycles. The summed E-state index contributed by atoms with van der Waals surface area (Å²) in [7, 11) is 0.849. The second kappa shape index (κ2) is 7.64. The number of rotatable bonds is 6. The molecule has 6 nitrogen and oxygen atoms in total. The molecule has 0 spiro atoms. The van der Waals surface area contributed by atoms with Crippen LogP contribution in [0.2, 0.25) is 0 Å². The second-order valence-electron chi connectivity index (χ2n) is 7.77. The third-order valence-corrected chi connectivity index (χ3v) is 7.19. The van der Waals surface area contributed by atoms with Crippen LogP contribution in [0.3, 0.4) is 0 Å². The molecule has 7 heteroatoms. The molecule has 1 saturated heterocycles. The van der Waals surface area contributed by atoms with Gasteiger partial charge in [-0.1, -0.05) is 12.1 Å². The third kappa shape index (κ3) is 4.35. The van der Waals surface area contributed by atoms with Gasteiger partial charge in [-0.15, -0.1) is 0 Å². The Morgan fingerprint density at radius 2 is 1.96 bits per heavy atom. The number of amides is 1. The number of furan rings is 1. The van der Waals surface area contributed by atoms with Crippen molar-refractivity contribution < 1.29 is 17.6 Å². The summed E-state index contributed by atoms with van der Waals surface area (Å²) in [5.74, 6) is 0.188. The maximum absolute atomic E-state index is 13.1. The van der Waals surface area contributed by atoms with Crippen molar-refractivity contribution >= 4 is 26.7 Å². The number of likely N-dealkylation sites (N-methyl/N-ethyl adjacent to an activating group) is 1. The fourth-order valence-electron chi connectivity index (χ4n) is 3.63. The van der Waals surface area contributed by atoms with Gasteiger partial charge in [-0.2, -0.15) is 0 Å². The molecule has 1 unspecified atom stereocenters. The standard InChI is InChI=1S/C20H28N2O4S/c1-14-5-6-18-16(12-26-20(18)15(14)2)11-19(23)22(9-8-21(3)4)17-7-10-27(24,25)13-17/h5-6,12,17H,7-11,13H2,1-4H3. The summed E-state index contributed by atoms with van der Waals surface area (Å²) in [6.07, 6.45) is 2.40. The molecule has 1 aromatic carbocycles. The van der Waals surface area contributed by atoms with Crippen molar-refractivity contribution in [2.75, 3.05) is 38.7 Å². The van der Waals surface area contributed by atoms with Crippen LogP contribution in [0.25, 0.3) is 11.0 Å². The fraction of sp³-hybridized carbons (Fsp3) is 0.550. The number of benzene rings is 1. The fourth-order valence-corrected chi connectivity index (χ4v) is 5.36. The molecule has 3 rings (SSSR count). The Morgan fingerprint density at radius 1 is 1.22 bits per heavy atom. The summed E-state index contributed by atoms with van der Waals surface area (Å²) in [5.41, 5.74) is 3.91. The average molecular weight is 393 g/mol. The van der Waals surface area contributed by atoms with E-state index in [1.165, 1.54) is 0 Å². The van der Waals surface area contributed by atoms with Gasteiger partial charge in [0.1, 0.15) is 5.58 Å². The minimum absolute atomic E-state index is 0.0418. The number of carbonyl (C=O) groups excluding carboxylic acids is 1. The highest BCUT2D eigenvalue weighted by Crippen LogP contribution is 2.27. The number of fused-ring (bicyclic) bond motifs is 1. The lowest BCUT2D eigenvalue weighted by molar-refractivity contribution is -0.132. The SMILES string of the molecule is Cc1ccc2c(CC(=O)N(CCN(C)C)C3CCS(=O)(=O)C3)coc2c1C. The van der Waals surface area contributed by atoms with Crippen LogP contribution in [-0.2, 0) is 21.1 Å². The normalized spacial score (nSPS) is 19.1. The molecular weight excluding hydrogens is 364 g/mol. The van der Waals surface area contributed by atoms with Gasteiger partial charge in [-0.25, -0.2) is 8.42 Å². The van der Waals surface area contributed by atoms with Gasteiger partial charge >= 0.3 is 0 Å². The van der Waals surface area contributed by atoms with Crippen molar-refractivity contribution in [1.82, 2.24) is 9.80 Å². The summed E-state index contributed by atoms with van der Waals surface area (Å²) in [5, 5.41) is 0.957. The molecule has 1 aliphatic rings. The van der Waals surface area contributed by atoms with Gasteiger partial charge in [-0.3, -0.25) is 4.79 Å². The number of hydrogen-bond donors (Lipinski definition) is 0.